The van der Waals surface area contributed by atoms with E-state index in [1.54, 1.807) is 11.0 Å². The predicted molar refractivity (Wildman–Crippen MR) is 100 cm³/mol. The van der Waals surface area contributed by atoms with Crippen molar-refractivity contribution in [3.63, 3.8) is 0 Å². The third-order valence-electron chi connectivity index (χ3n) is 5.72. The fourth-order valence-electron chi connectivity index (χ4n) is 4.22. The number of amides is 1. The molecule has 148 valence electrons. The number of anilines is 1. The van der Waals surface area contributed by atoms with Crippen LogP contribution in [0.5, 0.6) is 0 Å². The van der Waals surface area contributed by atoms with Gasteiger partial charge in [0.15, 0.2) is 11.6 Å². The van der Waals surface area contributed by atoms with Gasteiger partial charge in [0.05, 0.1) is 0 Å². The summed E-state index contributed by atoms with van der Waals surface area (Å²) >= 11 is 0. The Hall–Kier alpha value is -2.54. The van der Waals surface area contributed by atoms with Gasteiger partial charge in [-0.2, -0.15) is 0 Å². The van der Waals surface area contributed by atoms with E-state index >= 15 is 0 Å². The fourth-order valence-corrected chi connectivity index (χ4v) is 4.22. The number of aryl methyl sites for hydroxylation is 1. The van der Waals surface area contributed by atoms with Crippen molar-refractivity contribution in [1.29, 1.82) is 0 Å². The van der Waals surface area contributed by atoms with Crippen molar-refractivity contribution in [2.75, 3.05) is 18.4 Å². The first kappa shape index (κ1) is 18.8. The summed E-state index contributed by atoms with van der Waals surface area (Å²) in [7, 11) is 0. The molecular formula is C21H22F3N3O. The van der Waals surface area contributed by atoms with Gasteiger partial charge < -0.3 is 16.0 Å². The topological polar surface area (TPSA) is 58.4 Å². The monoisotopic (exact) mass is 389 g/mol. The molecule has 0 aromatic heterocycles. The van der Waals surface area contributed by atoms with Gasteiger partial charge in [0.25, 0.3) is 0 Å². The first-order chi connectivity index (χ1) is 13.4. The zero-order valence-electron chi connectivity index (χ0n) is 15.4. The molecule has 1 heterocycles. The Labute approximate surface area is 161 Å². The minimum atomic E-state index is -0.883. The van der Waals surface area contributed by atoms with E-state index in [1.807, 2.05) is 0 Å². The van der Waals surface area contributed by atoms with E-state index in [-0.39, 0.29) is 24.1 Å². The van der Waals surface area contributed by atoms with Gasteiger partial charge in [-0.25, -0.2) is 13.2 Å². The second-order valence-corrected chi connectivity index (χ2v) is 7.52. The van der Waals surface area contributed by atoms with Crippen LogP contribution in [0.4, 0.5) is 18.9 Å². The minimum absolute atomic E-state index is 0.0949. The molecule has 2 aromatic rings. The van der Waals surface area contributed by atoms with E-state index in [0.29, 0.717) is 43.7 Å². The summed E-state index contributed by atoms with van der Waals surface area (Å²) in [5.74, 6) is -2.32. The van der Waals surface area contributed by atoms with Gasteiger partial charge in [-0.3, -0.25) is 4.79 Å². The molecule has 2 unspecified atom stereocenters. The number of carbonyl (C=O) groups is 1. The number of hydrogen-bond acceptors (Lipinski definition) is 3. The molecule has 7 heteroatoms. The zero-order chi connectivity index (χ0) is 19.8. The molecule has 2 atom stereocenters. The van der Waals surface area contributed by atoms with Crippen molar-refractivity contribution in [3.8, 4) is 0 Å². The number of nitrogens with zero attached hydrogens (tertiary/aromatic N) is 1. The van der Waals surface area contributed by atoms with Gasteiger partial charge in [-0.15, -0.1) is 0 Å². The summed E-state index contributed by atoms with van der Waals surface area (Å²) < 4.78 is 40.5. The first-order valence-corrected chi connectivity index (χ1v) is 9.46. The van der Waals surface area contributed by atoms with Crippen LogP contribution in [-0.4, -0.2) is 29.9 Å². The molecule has 1 amide bonds. The van der Waals surface area contributed by atoms with Crippen LogP contribution in [0, 0.1) is 17.5 Å². The Balaban J connectivity index is 1.46. The maximum absolute atomic E-state index is 13.7. The standard InChI is InChI=1S/C21H22F3N3O/c22-14-3-1-13-11-27(6-5-26-20(13)8-14)21(28)10-19(25)15-4-2-12-7-17(23)18(24)9-16(12)15/h1,3,7-9,15,19,26H,2,4-6,10-11,25H2. The Morgan fingerprint density at radius 1 is 1.18 bits per heavy atom. The highest BCUT2D eigenvalue weighted by atomic mass is 19.2. The second-order valence-electron chi connectivity index (χ2n) is 7.52. The third kappa shape index (κ3) is 3.58. The summed E-state index contributed by atoms with van der Waals surface area (Å²) in [4.78, 5) is 14.5. The Bertz CT molecular complexity index is 918. The van der Waals surface area contributed by atoms with Crippen molar-refractivity contribution in [2.45, 2.75) is 37.8 Å². The van der Waals surface area contributed by atoms with Crippen molar-refractivity contribution in [3.05, 3.63) is 64.5 Å². The first-order valence-electron chi connectivity index (χ1n) is 9.46. The van der Waals surface area contributed by atoms with E-state index < -0.39 is 17.7 Å². The number of carbonyl (C=O) groups excluding carboxylic acids is 1. The molecule has 4 rings (SSSR count). The Kier molecular flexibility index (Phi) is 5.02. The predicted octanol–water partition coefficient (Wildman–Crippen LogP) is 3.31. The average Bonchev–Trinajstić information content (AvgIpc) is 2.93. The summed E-state index contributed by atoms with van der Waals surface area (Å²) in [5.41, 5.74) is 9.33. The van der Waals surface area contributed by atoms with Gasteiger partial charge in [0.2, 0.25) is 5.91 Å². The van der Waals surface area contributed by atoms with Gasteiger partial charge in [-0.05, 0) is 53.8 Å². The molecule has 4 nitrogen and oxygen atoms in total. The lowest BCUT2D eigenvalue weighted by atomic mass is 9.91. The largest absolute Gasteiger partial charge is 0.383 e. The number of benzene rings is 2. The highest BCUT2D eigenvalue weighted by Crippen LogP contribution is 2.37. The van der Waals surface area contributed by atoms with Crippen LogP contribution in [0.1, 0.15) is 35.4 Å². The molecule has 0 fully saturated rings. The van der Waals surface area contributed by atoms with Gasteiger partial charge in [0.1, 0.15) is 5.82 Å². The lowest BCUT2D eigenvalue weighted by Crippen LogP contribution is -2.38. The lowest BCUT2D eigenvalue weighted by molar-refractivity contribution is -0.132. The Morgan fingerprint density at radius 2 is 1.96 bits per heavy atom. The summed E-state index contributed by atoms with van der Waals surface area (Å²) in [6, 6.07) is 6.46. The number of nitrogens with one attached hydrogen (secondary N) is 1. The number of fused-ring (bicyclic) bond motifs is 2. The highest BCUT2D eigenvalue weighted by molar-refractivity contribution is 5.77. The average molecular weight is 389 g/mol. The molecule has 1 aliphatic heterocycles. The van der Waals surface area contributed by atoms with Crippen LogP contribution >= 0.6 is 0 Å². The second kappa shape index (κ2) is 7.47. The third-order valence-corrected chi connectivity index (χ3v) is 5.72. The number of hydrogen-bond donors (Lipinski definition) is 2. The number of nitrogens with two attached hydrogens (primary N) is 1. The van der Waals surface area contributed by atoms with Gasteiger partial charge >= 0.3 is 0 Å². The minimum Gasteiger partial charge on any atom is -0.383 e. The summed E-state index contributed by atoms with van der Waals surface area (Å²) in [6.07, 6.45) is 1.43. The molecule has 0 radical (unpaired) electrons. The maximum Gasteiger partial charge on any atom is 0.224 e. The summed E-state index contributed by atoms with van der Waals surface area (Å²) in [5, 5.41) is 3.14. The molecule has 0 spiro atoms. The van der Waals surface area contributed by atoms with E-state index in [4.69, 9.17) is 5.73 Å². The van der Waals surface area contributed by atoms with Gasteiger partial charge in [-0.1, -0.05) is 6.07 Å². The fraction of sp³-hybridized carbons (Fsp3) is 0.381. The van der Waals surface area contributed by atoms with Crippen LogP contribution in [-0.2, 0) is 17.8 Å². The van der Waals surface area contributed by atoms with E-state index in [2.05, 4.69) is 5.32 Å². The van der Waals surface area contributed by atoms with Crippen molar-refractivity contribution >= 4 is 11.6 Å². The van der Waals surface area contributed by atoms with Crippen molar-refractivity contribution in [2.24, 2.45) is 5.73 Å². The SMILES string of the molecule is NC(CC(=O)N1CCNc2cc(F)ccc2C1)C1CCc2cc(F)c(F)cc21. The normalized spacial score (nSPS) is 19.4. The van der Waals surface area contributed by atoms with Crippen LogP contribution in [0.2, 0.25) is 0 Å². The molecule has 2 aromatic carbocycles. The number of halogens is 3. The summed E-state index contributed by atoms with van der Waals surface area (Å²) in [6.45, 7) is 1.40. The Morgan fingerprint density at radius 3 is 2.79 bits per heavy atom. The van der Waals surface area contributed by atoms with E-state index in [0.717, 1.165) is 11.1 Å². The van der Waals surface area contributed by atoms with Gasteiger partial charge in [0, 0.05) is 43.7 Å². The zero-order valence-corrected chi connectivity index (χ0v) is 15.4. The number of rotatable bonds is 3. The molecule has 2 aliphatic rings. The smallest absolute Gasteiger partial charge is 0.224 e. The van der Waals surface area contributed by atoms with E-state index in [9.17, 15) is 18.0 Å². The molecule has 28 heavy (non-hydrogen) atoms. The van der Waals surface area contributed by atoms with Crippen molar-refractivity contribution in [1.82, 2.24) is 4.90 Å². The molecule has 0 saturated carbocycles. The molecule has 0 bridgehead atoms. The quantitative estimate of drug-likeness (QED) is 0.847. The highest BCUT2D eigenvalue weighted by Gasteiger charge is 2.31. The van der Waals surface area contributed by atoms with E-state index in [1.165, 1.54) is 24.3 Å². The molecular weight excluding hydrogens is 367 g/mol. The van der Waals surface area contributed by atoms with Crippen LogP contribution in [0.3, 0.4) is 0 Å². The molecule has 1 aliphatic carbocycles. The molecule has 0 saturated heterocycles. The van der Waals surface area contributed by atoms with Crippen LogP contribution in [0.15, 0.2) is 30.3 Å². The molecule has 3 N–H and O–H groups in total. The van der Waals surface area contributed by atoms with Crippen LogP contribution in [0.25, 0.3) is 0 Å². The van der Waals surface area contributed by atoms with Crippen LogP contribution < -0.4 is 11.1 Å². The van der Waals surface area contributed by atoms with Crippen molar-refractivity contribution < 1.29 is 18.0 Å². The lowest BCUT2D eigenvalue weighted by Gasteiger charge is -2.25. The maximum atomic E-state index is 13.7.